The zero-order valence-corrected chi connectivity index (χ0v) is 26.8. The van der Waals surface area contributed by atoms with Gasteiger partial charge in [-0.3, -0.25) is 9.59 Å². The van der Waals surface area contributed by atoms with Crippen molar-refractivity contribution in [2.45, 2.75) is 160 Å². The van der Waals surface area contributed by atoms with E-state index in [9.17, 15) is 14.4 Å². The number of ether oxygens (including phenoxy) is 4. The molecule has 0 amide bonds. The van der Waals surface area contributed by atoms with Gasteiger partial charge in [0.25, 0.3) is 0 Å². The van der Waals surface area contributed by atoms with E-state index < -0.39 is 39.9 Å². The Morgan fingerprint density at radius 2 is 1.49 bits per heavy atom. The summed E-state index contributed by atoms with van der Waals surface area (Å²) in [5, 5.41) is 0. The Hall–Kier alpha value is -2.25. The van der Waals surface area contributed by atoms with Crippen molar-refractivity contribution < 1.29 is 33.3 Å². The topological polar surface area (TPSA) is 88.1 Å². The molecule has 0 aromatic rings. The third-order valence-electron chi connectivity index (χ3n) is 11.0. The summed E-state index contributed by atoms with van der Waals surface area (Å²) >= 11 is 0. The molecule has 5 rings (SSSR count). The quantitative estimate of drug-likeness (QED) is 0.116. The van der Waals surface area contributed by atoms with Gasteiger partial charge >= 0.3 is 11.9 Å². The molecule has 7 heteroatoms. The van der Waals surface area contributed by atoms with Gasteiger partial charge in [-0.1, -0.05) is 97.5 Å². The number of unbranched alkanes of at least 4 members (excludes halogenated alkanes) is 10. The number of rotatable bonds is 14. The van der Waals surface area contributed by atoms with Gasteiger partial charge in [-0.05, 0) is 50.1 Å². The van der Waals surface area contributed by atoms with Gasteiger partial charge < -0.3 is 18.9 Å². The van der Waals surface area contributed by atoms with E-state index in [-0.39, 0.29) is 17.9 Å². The minimum absolute atomic E-state index is 0.0505. The number of esters is 2. The monoisotopic (exact) mass is 596 g/mol. The zero-order chi connectivity index (χ0) is 30.8. The van der Waals surface area contributed by atoms with Gasteiger partial charge in [-0.2, -0.15) is 0 Å². The summed E-state index contributed by atoms with van der Waals surface area (Å²) in [5.41, 5.74) is -3.73. The first-order chi connectivity index (χ1) is 20.5. The Morgan fingerprint density at radius 3 is 2.07 bits per heavy atom. The average Bonchev–Trinajstić information content (AvgIpc) is 3.46. The second-order valence-corrected chi connectivity index (χ2v) is 14.4. The molecule has 5 atom stereocenters. The van der Waals surface area contributed by atoms with Gasteiger partial charge in [-0.25, -0.2) is 4.79 Å². The van der Waals surface area contributed by atoms with Crippen molar-refractivity contribution in [2.24, 2.45) is 10.8 Å². The molecule has 3 saturated heterocycles. The van der Waals surface area contributed by atoms with Crippen LogP contribution in [0.1, 0.15) is 130 Å². The summed E-state index contributed by atoms with van der Waals surface area (Å²) in [4.78, 5) is 38.4. The molecule has 2 aliphatic carbocycles. The highest BCUT2D eigenvalue weighted by Gasteiger charge is 2.74. The van der Waals surface area contributed by atoms with Crippen LogP contribution in [0.15, 0.2) is 36.5 Å². The lowest BCUT2D eigenvalue weighted by atomic mass is 9.65. The molecule has 0 saturated carbocycles. The Labute approximate surface area is 257 Å². The number of fused-ring (bicyclic) bond motifs is 2. The highest BCUT2D eigenvalue weighted by molar-refractivity contribution is 6.00. The van der Waals surface area contributed by atoms with Crippen molar-refractivity contribution in [1.82, 2.24) is 0 Å². The van der Waals surface area contributed by atoms with Crippen molar-refractivity contribution in [3.05, 3.63) is 36.5 Å². The van der Waals surface area contributed by atoms with Gasteiger partial charge in [0.05, 0.1) is 11.5 Å². The summed E-state index contributed by atoms with van der Waals surface area (Å²) < 4.78 is 25.3. The molecular weight excluding hydrogens is 544 g/mol. The van der Waals surface area contributed by atoms with E-state index >= 15 is 0 Å². The number of carbonyl (C=O) groups is 3. The molecule has 7 nitrogen and oxygen atoms in total. The largest absolute Gasteiger partial charge is 0.459 e. The van der Waals surface area contributed by atoms with E-state index in [0.29, 0.717) is 25.7 Å². The number of hydrogen-bond donors (Lipinski definition) is 0. The first kappa shape index (κ1) is 32.2. The van der Waals surface area contributed by atoms with Crippen LogP contribution in [0.4, 0.5) is 0 Å². The fourth-order valence-corrected chi connectivity index (χ4v) is 7.71. The minimum atomic E-state index is -1.43. The lowest BCUT2D eigenvalue weighted by molar-refractivity contribution is -0.294. The number of hydrogen-bond acceptors (Lipinski definition) is 7. The third kappa shape index (κ3) is 6.18. The van der Waals surface area contributed by atoms with Gasteiger partial charge in [0, 0.05) is 24.7 Å². The van der Waals surface area contributed by atoms with Crippen LogP contribution < -0.4 is 0 Å². The fraction of sp³-hybridized carbons (Fsp3) is 0.750. The summed E-state index contributed by atoms with van der Waals surface area (Å²) in [5.74, 6) is -1.86. The highest BCUT2D eigenvalue weighted by atomic mass is 16.7. The summed E-state index contributed by atoms with van der Waals surface area (Å²) in [6.45, 7) is 7.87. The van der Waals surface area contributed by atoms with E-state index in [1.165, 1.54) is 57.8 Å². The lowest BCUT2D eigenvalue weighted by Crippen LogP contribution is -2.53. The van der Waals surface area contributed by atoms with Crippen molar-refractivity contribution in [1.29, 1.82) is 0 Å². The molecular formula is C36H52O7. The molecule has 238 valence electrons. The number of carbonyl (C=O) groups excluding carboxylic acids is 3. The molecule has 2 unspecified atom stereocenters. The molecule has 2 spiro atoms. The van der Waals surface area contributed by atoms with Crippen LogP contribution in [0.3, 0.4) is 0 Å². The van der Waals surface area contributed by atoms with E-state index in [0.717, 1.165) is 19.3 Å². The predicted octanol–water partition coefficient (Wildman–Crippen LogP) is 7.62. The van der Waals surface area contributed by atoms with Crippen LogP contribution >= 0.6 is 0 Å². The molecule has 2 bridgehead atoms. The smallest absolute Gasteiger partial charge is 0.355 e. The third-order valence-corrected chi connectivity index (χ3v) is 11.0. The summed E-state index contributed by atoms with van der Waals surface area (Å²) in [6, 6.07) is 0. The maximum Gasteiger partial charge on any atom is 0.355 e. The van der Waals surface area contributed by atoms with Gasteiger partial charge in [0.1, 0.15) is 11.7 Å². The van der Waals surface area contributed by atoms with Crippen molar-refractivity contribution in [3.63, 3.8) is 0 Å². The van der Waals surface area contributed by atoms with Gasteiger partial charge in [0.2, 0.25) is 5.60 Å². The maximum absolute atomic E-state index is 13.8. The molecule has 0 aromatic heterocycles. The lowest BCUT2D eigenvalue weighted by Gasteiger charge is -2.44. The maximum atomic E-state index is 13.8. The summed E-state index contributed by atoms with van der Waals surface area (Å²) in [7, 11) is 0. The van der Waals surface area contributed by atoms with Crippen LogP contribution in [0, 0.1) is 10.8 Å². The Morgan fingerprint density at radius 1 is 0.860 bits per heavy atom. The van der Waals surface area contributed by atoms with E-state index in [1.807, 2.05) is 32.9 Å². The first-order valence-corrected chi connectivity index (χ1v) is 16.9. The molecule has 3 aliphatic heterocycles. The summed E-state index contributed by atoms with van der Waals surface area (Å²) in [6.07, 6.45) is 27.0. The zero-order valence-electron chi connectivity index (χ0n) is 26.8. The molecule has 3 heterocycles. The standard InChI is InChI=1S/C36H52O7/c1-5-6-7-8-9-10-11-12-13-14-15-16-28-25-29(26-35(41-28)23-22-34(43-35)19-17-27(37)18-20-34)40-31(39)36-24-21-33(4,30(38)42-36)32(36,2)3/h17-21,24,28-29H,5-16,22-23,25-26H2,1-4H3/t28-,29-,33?,35-,36?/m1/s1. The normalized spacial score (nSPS) is 34.9. The second kappa shape index (κ2) is 12.6. The number of allylic oxidation sites excluding steroid dienone is 2. The van der Waals surface area contributed by atoms with E-state index in [4.69, 9.17) is 18.9 Å². The van der Waals surface area contributed by atoms with E-state index in [2.05, 4.69) is 6.92 Å². The SMILES string of the molecule is CCCCCCCCCCCCC[C@@H]1C[C@@H](OC(=O)C23C=CC(C)(C(=O)O2)C3(C)C)C[C@]2(CCC3(C=CC(=O)C=C3)O2)O1. The number of ketones is 1. The Kier molecular flexibility index (Phi) is 9.44. The van der Waals surface area contributed by atoms with Gasteiger partial charge in [-0.15, -0.1) is 0 Å². The van der Waals surface area contributed by atoms with Crippen molar-refractivity contribution in [3.8, 4) is 0 Å². The molecule has 5 aliphatic rings. The van der Waals surface area contributed by atoms with E-state index in [1.54, 1.807) is 24.3 Å². The molecule has 0 radical (unpaired) electrons. The van der Waals surface area contributed by atoms with Crippen LogP contribution in [-0.4, -0.2) is 46.9 Å². The van der Waals surface area contributed by atoms with Crippen molar-refractivity contribution in [2.75, 3.05) is 0 Å². The molecule has 43 heavy (non-hydrogen) atoms. The van der Waals surface area contributed by atoms with Crippen LogP contribution in [0.2, 0.25) is 0 Å². The van der Waals surface area contributed by atoms with Crippen molar-refractivity contribution >= 4 is 17.7 Å². The molecule has 3 fully saturated rings. The molecule has 0 aromatic carbocycles. The first-order valence-electron chi connectivity index (χ1n) is 16.9. The Balaban J connectivity index is 1.19. The van der Waals surface area contributed by atoms with Crippen LogP contribution in [0.5, 0.6) is 0 Å². The average molecular weight is 597 g/mol. The van der Waals surface area contributed by atoms with Crippen LogP contribution in [-0.2, 0) is 33.3 Å². The fourth-order valence-electron chi connectivity index (χ4n) is 7.71. The van der Waals surface area contributed by atoms with Gasteiger partial charge in [0.15, 0.2) is 11.6 Å². The predicted molar refractivity (Wildman–Crippen MR) is 164 cm³/mol. The minimum Gasteiger partial charge on any atom is -0.459 e. The van der Waals surface area contributed by atoms with Crippen LogP contribution in [0.25, 0.3) is 0 Å². The molecule has 0 N–H and O–H groups in total. The highest BCUT2D eigenvalue weighted by Crippen LogP contribution is 2.62. The Bertz CT molecular complexity index is 1130. The second-order valence-electron chi connectivity index (χ2n) is 14.4.